The van der Waals surface area contributed by atoms with Crippen molar-refractivity contribution in [1.29, 1.82) is 0 Å². The smallest absolute Gasteiger partial charge is 0.137 e. The second-order valence-corrected chi connectivity index (χ2v) is 2.96. The fourth-order valence-electron chi connectivity index (χ4n) is 0.816. The normalized spacial score (nSPS) is 11.9. The molecule has 0 unspecified atom stereocenters. The lowest BCUT2D eigenvalue weighted by molar-refractivity contribution is -0.116. The van der Waals surface area contributed by atoms with Crippen LogP contribution in [0, 0.1) is 5.92 Å². The highest BCUT2D eigenvalue weighted by Gasteiger charge is 2.01. The zero-order chi connectivity index (χ0) is 8.85. The maximum atomic E-state index is 10.7. The van der Waals surface area contributed by atoms with E-state index in [0.717, 1.165) is 5.76 Å². The summed E-state index contributed by atoms with van der Waals surface area (Å²) in [5.41, 5.74) is 0. The molecule has 2 heteroatoms. The fourth-order valence-corrected chi connectivity index (χ4v) is 0.816. The predicted molar refractivity (Wildman–Crippen MR) is 45.2 cm³/mol. The molecule has 0 saturated heterocycles. The molecule has 0 N–H and O–H groups in total. The van der Waals surface area contributed by atoms with E-state index in [1.54, 1.807) is 14.0 Å². The van der Waals surface area contributed by atoms with Gasteiger partial charge < -0.3 is 4.74 Å². The first-order chi connectivity index (χ1) is 5.06. The number of allylic oxidation sites excluding steroid dienone is 2. The summed E-state index contributed by atoms with van der Waals surface area (Å²) in [6.07, 6.45) is 2.37. The Morgan fingerprint density at radius 1 is 1.55 bits per heavy atom. The van der Waals surface area contributed by atoms with Crippen LogP contribution in [0.1, 0.15) is 27.2 Å². The van der Waals surface area contributed by atoms with Crippen molar-refractivity contribution >= 4 is 5.78 Å². The zero-order valence-corrected chi connectivity index (χ0v) is 7.68. The fraction of sp³-hybridized carbons (Fsp3) is 0.667. The summed E-state index contributed by atoms with van der Waals surface area (Å²) in [7, 11) is 1.59. The SMILES string of the molecule is CO/C(=C\C(C)C)CC(C)=O. The van der Waals surface area contributed by atoms with Crippen LogP contribution in [-0.2, 0) is 9.53 Å². The van der Waals surface area contributed by atoms with Crippen molar-refractivity contribution in [1.82, 2.24) is 0 Å². The topological polar surface area (TPSA) is 26.3 Å². The van der Waals surface area contributed by atoms with Gasteiger partial charge in [0.15, 0.2) is 0 Å². The molecule has 0 saturated carbocycles. The number of Topliss-reactive ketones (excluding diaryl/α,β-unsaturated/α-hetero) is 1. The van der Waals surface area contributed by atoms with Crippen molar-refractivity contribution in [3.63, 3.8) is 0 Å². The van der Waals surface area contributed by atoms with Gasteiger partial charge in [-0.1, -0.05) is 13.8 Å². The molecule has 0 atom stereocenters. The van der Waals surface area contributed by atoms with E-state index in [4.69, 9.17) is 4.74 Å². The summed E-state index contributed by atoms with van der Waals surface area (Å²) >= 11 is 0. The molecule has 0 aromatic carbocycles. The van der Waals surface area contributed by atoms with Crippen LogP contribution >= 0.6 is 0 Å². The second-order valence-electron chi connectivity index (χ2n) is 2.96. The molecule has 0 aliphatic rings. The molecule has 0 rings (SSSR count). The average Bonchev–Trinajstić information content (AvgIpc) is 1.84. The van der Waals surface area contributed by atoms with E-state index in [-0.39, 0.29) is 5.78 Å². The van der Waals surface area contributed by atoms with Crippen LogP contribution in [0.4, 0.5) is 0 Å². The Kier molecular flexibility index (Phi) is 4.59. The molecule has 0 spiro atoms. The van der Waals surface area contributed by atoms with Gasteiger partial charge in [0, 0.05) is 0 Å². The molecule has 11 heavy (non-hydrogen) atoms. The third-order valence-electron chi connectivity index (χ3n) is 1.20. The Balaban J connectivity index is 4.05. The summed E-state index contributed by atoms with van der Waals surface area (Å²) in [6.45, 7) is 5.67. The average molecular weight is 156 g/mol. The molecule has 0 radical (unpaired) electrons. The summed E-state index contributed by atoms with van der Waals surface area (Å²) in [4.78, 5) is 10.7. The Hall–Kier alpha value is -0.790. The monoisotopic (exact) mass is 156 g/mol. The molecule has 2 nitrogen and oxygen atoms in total. The minimum atomic E-state index is 0.138. The van der Waals surface area contributed by atoms with Crippen LogP contribution in [0.2, 0.25) is 0 Å². The maximum Gasteiger partial charge on any atom is 0.137 e. The summed E-state index contributed by atoms with van der Waals surface area (Å²) in [5.74, 6) is 1.34. The quantitative estimate of drug-likeness (QED) is 0.583. The van der Waals surface area contributed by atoms with Gasteiger partial charge in [-0.25, -0.2) is 0 Å². The first-order valence-corrected chi connectivity index (χ1v) is 3.80. The highest BCUT2D eigenvalue weighted by Crippen LogP contribution is 2.07. The van der Waals surface area contributed by atoms with E-state index in [1.165, 1.54) is 0 Å². The van der Waals surface area contributed by atoms with E-state index in [1.807, 2.05) is 6.08 Å². The van der Waals surface area contributed by atoms with Gasteiger partial charge >= 0.3 is 0 Å². The van der Waals surface area contributed by atoms with Crippen molar-refractivity contribution in [3.8, 4) is 0 Å². The van der Waals surface area contributed by atoms with Crippen LogP contribution in [0.5, 0.6) is 0 Å². The van der Waals surface area contributed by atoms with Crippen molar-refractivity contribution in [2.45, 2.75) is 27.2 Å². The Morgan fingerprint density at radius 2 is 2.09 bits per heavy atom. The molecule has 0 fully saturated rings. The number of ketones is 1. The highest BCUT2D eigenvalue weighted by molar-refractivity contribution is 5.77. The molecule has 0 amide bonds. The molecule has 64 valence electrons. The number of ether oxygens (including phenoxy) is 1. The molecule has 0 aliphatic heterocycles. The number of rotatable bonds is 4. The van der Waals surface area contributed by atoms with Crippen LogP contribution in [0.15, 0.2) is 11.8 Å². The van der Waals surface area contributed by atoms with Gasteiger partial charge in [0.2, 0.25) is 0 Å². The van der Waals surface area contributed by atoms with Gasteiger partial charge in [-0.2, -0.15) is 0 Å². The maximum absolute atomic E-state index is 10.7. The summed E-state index contributed by atoms with van der Waals surface area (Å²) < 4.78 is 5.01. The van der Waals surface area contributed by atoms with Gasteiger partial charge in [0.05, 0.1) is 19.3 Å². The largest absolute Gasteiger partial charge is 0.501 e. The van der Waals surface area contributed by atoms with E-state index < -0.39 is 0 Å². The van der Waals surface area contributed by atoms with Crippen LogP contribution in [0.25, 0.3) is 0 Å². The Morgan fingerprint density at radius 3 is 2.36 bits per heavy atom. The molecule has 0 aromatic rings. The minimum Gasteiger partial charge on any atom is -0.501 e. The molecule has 0 bridgehead atoms. The Labute approximate surface area is 68.2 Å². The van der Waals surface area contributed by atoms with Crippen molar-refractivity contribution < 1.29 is 9.53 Å². The van der Waals surface area contributed by atoms with E-state index >= 15 is 0 Å². The lowest BCUT2D eigenvalue weighted by atomic mass is 10.1. The number of methoxy groups -OCH3 is 1. The van der Waals surface area contributed by atoms with Gasteiger partial charge in [0.25, 0.3) is 0 Å². The summed E-state index contributed by atoms with van der Waals surface area (Å²) in [6, 6.07) is 0. The number of carbonyl (C=O) groups is 1. The Bertz CT molecular complexity index is 157. The lowest BCUT2D eigenvalue weighted by Crippen LogP contribution is -1.97. The van der Waals surface area contributed by atoms with Gasteiger partial charge in [0.1, 0.15) is 5.78 Å². The molecule has 0 heterocycles. The molecule has 0 aromatic heterocycles. The third kappa shape index (κ3) is 5.64. The molecule has 0 aliphatic carbocycles. The van der Waals surface area contributed by atoms with Gasteiger partial charge in [-0.3, -0.25) is 4.79 Å². The van der Waals surface area contributed by atoms with Crippen LogP contribution < -0.4 is 0 Å². The summed E-state index contributed by atoms with van der Waals surface area (Å²) in [5, 5.41) is 0. The van der Waals surface area contributed by atoms with E-state index in [0.29, 0.717) is 12.3 Å². The van der Waals surface area contributed by atoms with Crippen LogP contribution in [-0.4, -0.2) is 12.9 Å². The second kappa shape index (κ2) is 4.94. The molecular weight excluding hydrogens is 140 g/mol. The lowest BCUT2D eigenvalue weighted by Gasteiger charge is -2.04. The number of carbonyl (C=O) groups excluding carboxylic acids is 1. The van der Waals surface area contributed by atoms with Crippen molar-refractivity contribution in [3.05, 3.63) is 11.8 Å². The van der Waals surface area contributed by atoms with Crippen molar-refractivity contribution in [2.24, 2.45) is 5.92 Å². The van der Waals surface area contributed by atoms with E-state index in [9.17, 15) is 4.79 Å². The predicted octanol–water partition coefficient (Wildman–Crippen LogP) is 2.15. The highest BCUT2D eigenvalue weighted by atomic mass is 16.5. The standard InChI is InChI=1S/C9H16O2/c1-7(2)5-9(11-4)6-8(3)10/h5,7H,6H2,1-4H3/b9-5-. The van der Waals surface area contributed by atoms with E-state index in [2.05, 4.69) is 13.8 Å². The van der Waals surface area contributed by atoms with Gasteiger partial charge in [-0.15, -0.1) is 0 Å². The van der Waals surface area contributed by atoms with Gasteiger partial charge in [-0.05, 0) is 18.9 Å². The number of hydrogen-bond acceptors (Lipinski definition) is 2. The zero-order valence-electron chi connectivity index (χ0n) is 7.68. The minimum absolute atomic E-state index is 0.138. The third-order valence-corrected chi connectivity index (χ3v) is 1.20. The van der Waals surface area contributed by atoms with Crippen LogP contribution in [0.3, 0.4) is 0 Å². The van der Waals surface area contributed by atoms with Crippen molar-refractivity contribution in [2.75, 3.05) is 7.11 Å². The first kappa shape index (κ1) is 10.2. The first-order valence-electron chi connectivity index (χ1n) is 3.80. The number of hydrogen-bond donors (Lipinski definition) is 0. The molecular formula is C9H16O2.